The molecule has 1 aliphatic rings. The number of carbonyl (C=O) groups excluding carboxylic acids is 1. The van der Waals surface area contributed by atoms with Crippen LogP contribution < -0.4 is 11.0 Å². The highest BCUT2D eigenvalue weighted by molar-refractivity contribution is 7.85. The Hall–Kier alpha value is -5.50. The summed E-state index contributed by atoms with van der Waals surface area (Å²) in [7, 11) is 1.94. The molecule has 1 N–H and O–H groups in total. The number of benzene rings is 3. The Labute approximate surface area is 311 Å². The quantitative estimate of drug-likeness (QED) is 0.150. The molecule has 0 aliphatic heterocycles. The van der Waals surface area contributed by atoms with Crippen molar-refractivity contribution >= 4 is 16.1 Å². The third-order valence-corrected chi connectivity index (χ3v) is 9.86. The lowest BCUT2D eigenvalue weighted by molar-refractivity contribution is -0.870. The van der Waals surface area contributed by atoms with Crippen molar-refractivity contribution in [2.24, 2.45) is 0 Å². The second-order valence-electron chi connectivity index (χ2n) is 14.0. The van der Waals surface area contributed by atoms with E-state index in [1.54, 1.807) is 48.1 Å². The minimum Gasteiger partial charge on any atom is -0.744 e. The number of nitrogens with zero attached hydrogens (tertiary/aromatic N) is 6. The summed E-state index contributed by atoms with van der Waals surface area (Å²) >= 11 is 0. The first-order valence-corrected chi connectivity index (χ1v) is 18.5. The zero-order chi connectivity index (χ0) is 39.4. The van der Waals surface area contributed by atoms with Crippen LogP contribution in [-0.2, 0) is 22.7 Å². The molecule has 0 unspecified atom stereocenters. The fourth-order valence-electron chi connectivity index (χ4n) is 6.31. The Morgan fingerprint density at radius 3 is 2.30 bits per heavy atom. The van der Waals surface area contributed by atoms with Crippen LogP contribution >= 0.6 is 0 Å². The average molecular weight is 764 g/mol. The van der Waals surface area contributed by atoms with Gasteiger partial charge in [0, 0.05) is 12.5 Å². The van der Waals surface area contributed by atoms with Crippen molar-refractivity contribution in [1.29, 1.82) is 5.26 Å². The Kier molecular flexibility index (Phi) is 11.7. The molecule has 0 spiro atoms. The van der Waals surface area contributed by atoms with Gasteiger partial charge in [-0.05, 0) is 79.9 Å². The minimum atomic E-state index is -4.62. The fourth-order valence-corrected chi connectivity index (χ4v) is 6.80. The Morgan fingerprint density at radius 2 is 1.70 bits per heavy atom. The Balaban J connectivity index is 0.000000486. The number of imidazole rings is 1. The second-order valence-corrected chi connectivity index (χ2v) is 15.4. The van der Waals surface area contributed by atoms with Crippen LogP contribution in [0.15, 0.2) is 94.7 Å². The van der Waals surface area contributed by atoms with Crippen LogP contribution in [0.3, 0.4) is 0 Å². The van der Waals surface area contributed by atoms with E-state index in [-0.39, 0.29) is 28.0 Å². The number of aromatic nitrogens is 4. The van der Waals surface area contributed by atoms with E-state index in [1.165, 1.54) is 36.4 Å². The van der Waals surface area contributed by atoms with E-state index >= 15 is 0 Å². The molecule has 6 rings (SSSR count). The molecule has 54 heavy (non-hydrogen) atoms. The van der Waals surface area contributed by atoms with Gasteiger partial charge in [0.1, 0.15) is 15.8 Å². The normalized spacial score (nSPS) is 13.6. The Morgan fingerprint density at radius 1 is 1.02 bits per heavy atom. The first kappa shape index (κ1) is 39.7. The molecule has 1 aliphatic carbocycles. The van der Waals surface area contributed by atoms with E-state index in [0.29, 0.717) is 27.8 Å². The molecule has 2 aromatic heterocycles. The van der Waals surface area contributed by atoms with Gasteiger partial charge < -0.3 is 14.4 Å². The second kappa shape index (κ2) is 15.8. The maximum Gasteiger partial charge on any atom is 0.416 e. The lowest BCUT2D eigenvalue weighted by Crippen LogP contribution is -2.41. The number of quaternary nitrogens is 1. The van der Waals surface area contributed by atoms with Gasteiger partial charge in [0.05, 0.1) is 78.7 Å². The predicted molar refractivity (Wildman–Crippen MR) is 194 cm³/mol. The summed E-state index contributed by atoms with van der Waals surface area (Å²) in [5.41, 5.74) is 1.19. The number of nitrogens with one attached hydrogen (secondary N) is 1. The van der Waals surface area contributed by atoms with E-state index in [2.05, 4.69) is 37.6 Å². The van der Waals surface area contributed by atoms with E-state index < -0.39 is 33.6 Å². The molecule has 3 aromatic carbocycles. The van der Waals surface area contributed by atoms with Gasteiger partial charge in [0.2, 0.25) is 0 Å². The monoisotopic (exact) mass is 763 g/mol. The maximum absolute atomic E-state index is 14.0. The number of alkyl halides is 3. The fraction of sp³-hybridized carbons (Fsp3) is 0.316. The molecule has 0 bridgehead atoms. The van der Waals surface area contributed by atoms with Crippen LogP contribution in [0.1, 0.15) is 48.1 Å². The molecule has 1 fully saturated rings. The first-order valence-electron chi connectivity index (χ1n) is 17.1. The number of carbonyl (C=O) groups is 1. The SMILES string of the molecule is Cc1c(-c2ccnn2-c2ccc(C#N)cc2CC[N+](C)(C)C)n(C(=O)NC2CCCC2)c(=O)n1-c1cccc(C(F)(F)F)c1.O=S(=O)([O-])c1ccccc1. The van der Waals surface area contributed by atoms with Gasteiger partial charge in [-0.3, -0.25) is 4.57 Å². The molecule has 2 heterocycles. The van der Waals surface area contributed by atoms with Crippen molar-refractivity contribution in [3.05, 3.63) is 118 Å². The van der Waals surface area contributed by atoms with Crippen LogP contribution in [0, 0.1) is 18.3 Å². The predicted octanol–water partition coefficient (Wildman–Crippen LogP) is 6.03. The van der Waals surface area contributed by atoms with Crippen LogP contribution in [0.4, 0.5) is 18.0 Å². The van der Waals surface area contributed by atoms with Crippen molar-refractivity contribution in [1.82, 2.24) is 24.2 Å². The maximum atomic E-state index is 14.0. The highest BCUT2D eigenvalue weighted by Crippen LogP contribution is 2.33. The topological polar surface area (TPSA) is 155 Å². The lowest BCUT2D eigenvalue weighted by Gasteiger charge is -2.24. The molecule has 16 heteroatoms. The molecular formula is C38H40F3N7O5S. The van der Waals surface area contributed by atoms with Crippen molar-refractivity contribution in [2.75, 3.05) is 27.7 Å². The van der Waals surface area contributed by atoms with E-state index in [4.69, 9.17) is 0 Å². The minimum absolute atomic E-state index is 0.0101. The van der Waals surface area contributed by atoms with Gasteiger partial charge in [-0.25, -0.2) is 27.3 Å². The van der Waals surface area contributed by atoms with Gasteiger partial charge in [0.15, 0.2) is 0 Å². The summed E-state index contributed by atoms with van der Waals surface area (Å²) in [5.74, 6) is 0. The molecule has 1 amide bonds. The Bertz CT molecular complexity index is 2350. The lowest BCUT2D eigenvalue weighted by atomic mass is 10.0. The first-order chi connectivity index (χ1) is 25.4. The molecular weight excluding hydrogens is 724 g/mol. The van der Waals surface area contributed by atoms with E-state index in [0.717, 1.165) is 59.1 Å². The smallest absolute Gasteiger partial charge is 0.416 e. The molecule has 5 aromatic rings. The number of hydrogen-bond donors (Lipinski definition) is 1. The summed E-state index contributed by atoms with van der Waals surface area (Å²) in [6.45, 7) is 2.36. The third-order valence-electron chi connectivity index (χ3n) is 9.01. The van der Waals surface area contributed by atoms with Crippen molar-refractivity contribution in [3.63, 3.8) is 0 Å². The van der Waals surface area contributed by atoms with Crippen LogP contribution in [0.2, 0.25) is 0 Å². The molecule has 1 saturated carbocycles. The molecule has 0 radical (unpaired) electrons. The van der Waals surface area contributed by atoms with Crippen LogP contribution in [-0.4, -0.2) is 76.1 Å². The zero-order valence-electron chi connectivity index (χ0n) is 30.2. The van der Waals surface area contributed by atoms with E-state index in [1.807, 2.05) is 0 Å². The van der Waals surface area contributed by atoms with Gasteiger partial charge in [0.25, 0.3) is 0 Å². The van der Waals surface area contributed by atoms with Gasteiger partial charge >= 0.3 is 17.9 Å². The standard InChI is InChI=1S/C32H34F3N7O2.C6H6O3S/c1-21-29(28-14-16-37-41(28)27-13-12-22(20-36)18-23(27)15-17-42(2,3)4)40(30(43)38-25-9-5-6-10-25)31(44)39(21)26-11-7-8-24(19-26)32(33,34)35;7-10(8,9)6-4-2-1-3-5-6/h7-8,11-14,16,18-19,25H,5-6,9-10,15,17H2,1-4H3;1-5H,(H,7,8,9). The zero-order valence-corrected chi connectivity index (χ0v) is 31.0. The highest BCUT2D eigenvalue weighted by atomic mass is 32.2. The van der Waals surface area contributed by atoms with Gasteiger partial charge in [-0.2, -0.15) is 23.5 Å². The number of nitriles is 1. The number of amides is 1. The number of hydrogen-bond acceptors (Lipinski definition) is 7. The van der Waals surface area contributed by atoms with Crippen LogP contribution in [0.5, 0.6) is 0 Å². The summed E-state index contributed by atoms with van der Waals surface area (Å²) in [5, 5.41) is 17.1. The van der Waals surface area contributed by atoms with Gasteiger partial charge in [-0.1, -0.05) is 37.1 Å². The third kappa shape index (κ3) is 9.16. The number of halogens is 3. The van der Waals surface area contributed by atoms with Crippen molar-refractivity contribution in [2.45, 2.75) is 56.1 Å². The van der Waals surface area contributed by atoms with Crippen LogP contribution in [0.25, 0.3) is 22.8 Å². The summed E-state index contributed by atoms with van der Waals surface area (Å²) in [6.07, 6.45) is 1.02. The van der Waals surface area contributed by atoms with Gasteiger partial charge in [-0.15, -0.1) is 0 Å². The summed E-state index contributed by atoms with van der Waals surface area (Å²) < 4.78 is 76.1. The number of likely N-dealkylation sites (N-methyl/N-ethyl adjacent to an activating group) is 1. The number of rotatable bonds is 8. The summed E-state index contributed by atoms with van der Waals surface area (Å²) in [4.78, 5) is 27.6. The molecule has 284 valence electrons. The molecule has 0 atom stereocenters. The largest absolute Gasteiger partial charge is 0.744 e. The molecule has 12 nitrogen and oxygen atoms in total. The van der Waals surface area contributed by atoms with Crippen molar-refractivity contribution in [3.8, 4) is 28.8 Å². The highest BCUT2D eigenvalue weighted by Gasteiger charge is 2.32. The van der Waals surface area contributed by atoms with E-state index in [9.17, 15) is 41.0 Å². The summed E-state index contributed by atoms with van der Waals surface area (Å²) in [6, 6.07) is 20.0. The average Bonchev–Trinajstić information content (AvgIpc) is 3.86. The van der Waals surface area contributed by atoms with Crippen molar-refractivity contribution < 1.29 is 35.4 Å². The molecule has 0 saturated heterocycles.